The van der Waals surface area contributed by atoms with E-state index in [1.54, 1.807) is 0 Å². The second kappa shape index (κ2) is 9.97. The van der Waals surface area contributed by atoms with Crippen LogP contribution in [0.25, 0.3) is 0 Å². The molecule has 5 heteroatoms. The fourth-order valence-corrected chi connectivity index (χ4v) is 9.33. The van der Waals surface area contributed by atoms with Gasteiger partial charge in [0, 0.05) is 17.5 Å². The number of hydrogen-bond acceptors (Lipinski definition) is 3. The monoisotopic (exact) mass is 492 g/mol. The van der Waals surface area contributed by atoms with Crippen molar-refractivity contribution in [1.82, 2.24) is 9.88 Å². The summed E-state index contributed by atoms with van der Waals surface area (Å²) in [6.07, 6.45) is 13.3. The largest absolute Gasteiger partial charge is 0.345 e. The highest BCUT2D eigenvalue weighted by atomic mass is 32.1. The Morgan fingerprint density at radius 2 is 1.97 bits per heavy atom. The van der Waals surface area contributed by atoms with Crippen LogP contribution in [0.3, 0.4) is 0 Å². The van der Waals surface area contributed by atoms with Crippen LogP contribution in [0.1, 0.15) is 91.8 Å². The van der Waals surface area contributed by atoms with Crippen molar-refractivity contribution in [3.63, 3.8) is 0 Å². The van der Waals surface area contributed by atoms with Crippen molar-refractivity contribution < 1.29 is 10.1 Å². The maximum atomic E-state index is 14.5. The summed E-state index contributed by atoms with van der Waals surface area (Å²) in [5.74, 6) is 1.86. The number of thiazole rings is 1. The van der Waals surface area contributed by atoms with E-state index in [-0.39, 0.29) is 11.3 Å². The molecule has 1 amide bonds. The van der Waals surface area contributed by atoms with Crippen LogP contribution in [0, 0.1) is 11.8 Å². The van der Waals surface area contributed by atoms with Crippen LogP contribution in [-0.2, 0) is 23.1 Å². The van der Waals surface area contributed by atoms with E-state index < -0.39 is 0 Å². The summed E-state index contributed by atoms with van der Waals surface area (Å²) in [7, 11) is 0. The number of benzene rings is 1. The van der Waals surface area contributed by atoms with Gasteiger partial charge in [-0.1, -0.05) is 56.5 Å². The minimum Gasteiger partial charge on any atom is -0.345 e. The smallest absolute Gasteiger partial charge is 0.232 e. The number of hydrogen-bond donors (Lipinski definition) is 1. The number of nitrogens with zero attached hydrogens (tertiary/aromatic N) is 2. The van der Waals surface area contributed by atoms with E-state index in [1.807, 2.05) is 11.3 Å². The zero-order valence-corrected chi connectivity index (χ0v) is 22.2. The normalized spacial score (nSPS) is 31.6. The first-order valence-electron chi connectivity index (χ1n) is 14.4. The number of aromatic nitrogens is 1. The van der Waals surface area contributed by atoms with Gasteiger partial charge in [0.2, 0.25) is 5.91 Å². The third-order valence-corrected chi connectivity index (χ3v) is 11.3. The van der Waals surface area contributed by atoms with Crippen molar-refractivity contribution in [2.45, 2.75) is 94.9 Å². The molecular weight excluding hydrogens is 450 g/mol. The highest BCUT2D eigenvalue weighted by molar-refractivity contribution is 7.12. The number of likely N-dealkylation sites (tertiary alicyclic amines) is 1. The van der Waals surface area contributed by atoms with E-state index in [1.165, 1.54) is 59.7 Å². The lowest BCUT2D eigenvalue weighted by atomic mass is 9.68. The van der Waals surface area contributed by atoms with Crippen LogP contribution < -0.4 is 5.32 Å². The lowest BCUT2D eigenvalue weighted by Gasteiger charge is -2.47. The van der Waals surface area contributed by atoms with E-state index in [9.17, 15) is 4.79 Å². The fraction of sp³-hybridized carbons (Fsp3) is 0.667. The van der Waals surface area contributed by atoms with Crippen LogP contribution in [0.2, 0.25) is 0 Å². The number of amides is 1. The van der Waals surface area contributed by atoms with E-state index >= 15 is 0 Å². The summed E-state index contributed by atoms with van der Waals surface area (Å²) in [5, 5.41) is 3.70. The van der Waals surface area contributed by atoms with Gasteiger partial charge >= 0.3 is 0 Å². The molecule has 188 valence electrons. The molecule has 4 aliphatic rings. The molecule has 1 aromatic carbocycles. The second-order valence-electron chi connectivity index (χ2n) is 11.7. The first kappa shape index (κ1) is 23.7. The summed E-state index contributed by atoms with van der Waals surface area (Å²) in [4.78, 5) is 23.4. The van der Waals surface area contributed by atoms with Crippen LogP contribution in [0.15, 0.2) is 30.3 Å². The number of rotatable bonds is 4. The minimum absolute atomic E-state index is 0.0170. The summed E-state index contributed by atoms with van der Waals surface area (Å²) < 4.78 is 0. The molecule has 1 saturated carbocycles. The highest BCUT2D eigenvalue weighted by Crippen LogP contribution is 2.48. The van der Waals surface area contributed by atoms with E-state index in [0.717, 1.165) is 51.7 Å². The Morgan fingerprint density at radius 3 is 2.77 bits per heavy atom. The summed E-state index contributed by atoms with van der Waals surface area (Å²) in [6, 6.07) is 11.5. The summed E-state index contributed by atoms with van der Waals surface area (Å²) in [6.45, 7) is 5.16. The van der Waals surface area contributed by atoms with Crippen LogP contribution in [-0.4, -0.2) is 41.5 Å². The molecule has 1 spiro atoms. The average Bonchev–Trinajstić information content (AvgIpc) is 3.54. The predicted molar refractivity (Wildman–Crippen MR) is 142 cm³/mol. The Morgan fingerprint density at radius 1 is 1.14 bits per heavy atom. The zero-order chi connectivity index (χ0) is 23.8. The lowest BCUT2D eigenvalue weighted by molar-refractivity contribution is -0.640. The molecule has 2 aliphatic carbocycles. The lowest BCUT2D eigenvalue weighted by Crippen LogP contribution is -2.82. The Balaban J connectivity index is 1.30. The summed E-state index contributed by atoms with van der Waals surface area (Å²) >= 11 is 1.92. The maximum Gasteiger partial charge on any atom is 0.232 e. The van der Waals surface area contributed by atoms with Gasteiger partial charge in [-0.3, -0.25) is 4.79 Å². The molecule has 4 atom stereocenters. The molecule has 0 radical (unpaired) electrons. The van der Waals surface area contributed by atoms with Gasteiger partial charge in [0.1, 0.15) is 5.92 Å². The zero-order valence-electron chi connectivity index (χ0n) is 21.4. The van der Waals surface area contributed by atoms with Crippen molar-refractivity contribution in [2.24, 2.45) is 11.8 Å². The first-order valence-corrected chi connectivity index (χ1v) is 15.2. The molecule has 2 N–H and O–H groups in total. The van der Waals surface area contributed by atoms with Gasteiger partial charge in [0.15, 0.2) is 0 Å². The van der Waals surface area contributed by atoms with Crippen molar-refractivity contribution >= 4 is 17.2 Å². The molecule has 4 nitrogen and oxygen atoms in total. The number of carbonyl (C=O) groups is 1. The average molecular weight is 493 g/mol. The van der Waals surface area contributed by atoms with Gasteiger partial charge < -0.3 is 10.2 Å². The molecule has 2 aliphatic heterocycles. The van der Waals surface area contributed by atoms with Gasteiger partial charge in [-0.05, 0) is 68.8 Å². The number of fused-ring (bicyclic) bond motifs is 2. The third kappa shape index (κ3) is 4.27. The Labute approximate surface area is 214 Å². The van der Waals surface area contributed by atoms with E-state index in [2.05, 4.69) is 47.5 Å². The van der Waals surface area contributed by atoms with Gasteiger partial charge in [0.05, 0.1) is 29.2 Å². The predicted octanol–water partition coefficient (Wildman–Crippen LogP) is 4.83. The van der Waals surface area contributed by atoms with E-state index in [4.69, 9.17) is 4.98 Å². The molecule has 3 heterocycles. The van der Waals surface area contributed by atoms with Gasteiger partial charge in [-0.2, -0.15) is 0 Å². The van der Waals surface area contributed by atoms with Crippen molar-refractivity contribution in [2.75, 3.05) is 19.6 Å². The SMILES string of the molecule is CCc1nc2c(s1)[C@]1(CCC2)C[NH2+]CC1C(=O)N1CC[C@@H](c2ccccc2)C[C@H]1C1CCCCC1. The molecule has 3 fully saturated rings. The van der Waals surface area contributed by atoms with Crippen LogP contribution in [0.4, 0.5) is 0 Å². The van der Waals surface area contributed by atoms with Crippen LogP contribution in [0.5, 0.6) is 0 Å². The Bertz CT molecular complexity index is 1030. The molecular formula is C30H42N3OS+. The van der Waals surface area contributed by atoms with E-state index in [0.29, 0.717) is 23.8 Å². The number of quaternary nitrogens is 1. The minimum atomic E-state index is 0.0170. The third-order valence-electron chi connectivity index (χ3n) is 9.80. The molecule has 1 unspecified atom stereocenters. The molecule has 1 aromatic heterocycles. The van der Waals surface area contributed by atoms with Gasteiger partial charge in [0.25, 0.3) is 0 Å². The Kier molecular flexibility index (Phi) is 6.74. The first-order chi connectivity index (χ1) is 17.2. The molecule has 2 aromatic rings. The molecule has 2 saturated heterocycles. The van der Waals surface area contributed by atoms with Gasteiger partial charge in [-0.15, -0.1) is 11.3 Å². The maximum absolute atomic E-state index is 14.5. The topological polar surface area (TPSA) is 49.8 Å². The van der Waals surface area contributed by atoms with Crippen molar-refractivity contribution in [3.8, 4) is 0 Å². The number of aryl methyl sites for hydroxylation is 2. The van der Waals surface area contributed by atoms with Crippen molar-refractivity contribution in [3.05, 3.63) is 51.5 Å². The highest BCUT2D eigenvalue weighted by Gasteiger charge is 2.56. The fourth-order valence-electron chi connectivity index (χ4n) is 8.00. The quantitative estimate of drug-likeness (QED) is 0.665. The molecule has 35 heavy (non-hydrogen) atoms. The van der Waals surface area contributed by atoms with Gasteiger partial charge in [-0.25, -0.2) is 4.98 Å². The summed E-state index contributed by atoms with van der Waals surface area (Å²) in [5.41, 5.74) is 2.81. The molecule has 0 bridgehead atoms. The second-order valence-corrected chi connectivity index (χ2v) is 12.7. The standard InChI is InChI=1S/C30H41N3OS/c1-2-27-32-25-14-9-16-30(28(25)35-27)20-31-19-24(30)29(34)33-17-15-23(21-10-5-3-6-11-21)18-26(33)22-12-7-4-8-13-22/h3,5-6,10-11,22-24,26,31H,2,4,7-9,12-20H2,1H3/p+1/t23-,24?,26+,30-/m1/s1. The number of nitrogens with two attached hydrogens (primary N) is 1. The van der Waals surface area contributed by atoms with Crippen molar-refractivity contribution in [1.29, 1.82) is 0 Å². The Hall–Kier alpha value is -1.72. The number of piperidine rings is 1. The number of carbonyl (C=O) groups excluding carboxylic acids is 1. The van der Waals surface area contributed by atoms with Crippen LogP contribution >= 0.6 is 11.3 Å². The molecule has 6 rings (SSSR count).